The fourth-order valence-electron chi connectivity index (χ4n) is 1.85. The summed E-state index contributed by atoms with van der Waals surface area (Å²) in [5.74, 6) is -2.08. The molecule has 8 nitrogen and oxygen atoms in total. The molecule has 1 amide bonds. The van der Waals surface area contributed by atoms with Gasteiger partial charge in [0.05, 0.1) is 18.9 Å². The number of rotatable bonds is 6. The summed E-state index contributed by atoms with van der Waals surface area (Å²) in [7, 11) is -4.12. The molecule has 138 valence electrons. The lowest BCUT2D eigenvalue weighted by Gasteiger charge is -2.13. The number of aliphatic hydroxyl groups excluding tert-OH is 1. The Labute approximate surface area is 150 Å². The molecule has 25 heavy (non-hydrogen) atoms. The Kier molecular flexibility index (Phi) is 7.25. The van der Waals surface area contributed by atoms with Crippen LogP contribution in [0.4, 0.5) is 10.5 Å². The van der Waals surface area contributed by atoms with E-state index in [-0.39, 0.29) is 29.5 Å². The molecule has 0 aliphatic carbocycles. The van der Waals surface area contributed by atoms with Crippen molar-refractivity contribution in [2.24, 2.45) is 0 Å². The average Bonchev–Trinajstić information content (AvgIpc) is 2.46. The zero-order chi connectivity index (χ0) is 19.2. The predicted octanol–water partition coefficient (Wildman–Crippen LogP) is 2.74. The smallest absolute Gasteiger partial charge is 0.411 e. The largest absolute Gasteiger partial charge is 0.506 e. The predicted molar refractivity (Wildman–Crippen MR) is 93.1 cm³/mol. The van der Waals surface area contributed by atoms with Gasteiger partial charge in [0.25, 0.3) is 0 Å². The number of ether oxygens (including phenoxy) is 2. The third-order valence-electron chi connectivity index (χ3n) is 2.80. The second-order valence-electron chi connectivity index (χ2n) is 4.71. The zero-order valence-corrected chi connectivity index (χ0v) is 15.4. The first kappa shape index (κ1) is 20.8. The molecule has 2 N–H and O–H groups in total. The van der Waals surface area contributed by atoms with Gasteiger partial charge >= 0.3 is 12.1 Å². The van der Waals surface area contributed by atoms with Crippen molar-refractivity contribution in [2.75, 3.05) is 24.8 Å². The van der Waals surface area contributed by atoms with Crippen molar-refractivity contribution < 1.29 is 32.6 Å². The summed E-state index contributed by atoms with van der Waals surface area (Å²) >= 11 is 5.86. The van der Waals surface area contributed by atoms with Gasteiger partial charge in [0.1, 0.15) is 0 Å². The number of esters is 1. The van der Waals surface area contributed by atoms with Crippen molar-refractivity contribution >= 4 is 44.9 Å². The molecule has 1 aromatic rings. The molecule has 0 aromatic heterocycles. The quantitative estimate of drug-likeness (QED) is 0.434. The summed E-state index contributed by atoms with van der Waals surface area (Å²) in [6.07, 6.45) is -0.0834. The van der Waals surface area contributed by atoms with Crippen molar-refractivity contribution in [2.45, 2.75) is 13.8 Å². The van der Waals surface area contributed by atoms with Gasteiger partial charge in [-0.1, -0.05) is 11.6 Å². The normalized spacial score (nSPS) is 12.2. The van der Waals surface area contributed by atoms with Gasteiger partial charge in [-0.25, -0.2) is 18.0 Å². The molecule has 1 aromatic carbocycles. The molecule has 0 aliphatic rings. The standard InChI is InChI=1S/C15H18ClNO7S/c1-4-23-14(19)13(25(3,21)22)12(18)10-7-6-9(16)8-11(10)17-15(20)24-5-2/h6-8,18H,4-5H2,1-3H3,(H,17,20)/b13-12+. The number of hydrogen-bond acceptors (Lipinski definition) is 7. The zero-order valence-electron chi connectivity index (χ0n) is 13.8. The number of sulfone groups is 1. The summed E-state index contributed by atoms with van der Waals surface area (Å²) in [6, 6.07) is 3.88. The maximum Gasteiger partial charge on any atom is 0.411 e. The van der Waals surface area contributed by atoms with Crippen LogP contribution < -0.4 is 5.32 Å². The molecule has 0 atom stereocenters. The highest BCUT2D eigenvalue weighted by Crippen LogP contribution is 2.30. The van der Waals surface area contributed by atoms with E-state index in [0.717, 1.165) is 6.26 Å². The SMILES string of the molecule is CCOC(=O)Nc1cc(Cl)ccc1/C(O)=C(/C(=O)OCC)S(C)(=O)=O. The second kappa shape index (κ2) is 8.72. The second-order valence-corrected chi connectivity index (χ2v) is 7.09. The first-order valence-corrected chi connectivity index (χ1v) is 9.42. The van der Waals surface area contributed by atoms with Crippen molar-refractivity contribution in [1.29, 1.82) is 0 Å². The average molecular weight is 392 g/mol. The summed E-state index contributed by atoms with van der Waals surface area (Å²) in [4.78, 5) is 22.6. The van der Waals surface area contributed by atoms with Crippen LogP contribution in [-0.4, -0.2) is 45.1 Å². The molecule has 0 radical (unpaired) electrons. The number of carbonyl (C=O) groups is 2. The number of carbonyl (C=O) groups excluding carboxylic acids is 2. The van der Waals surface area contributed by atoms with Gasteiger partial charge in [-0.15, -0.1) is 0 Å². The van der Waals surface area contributed by atoms with Gasteiger partial charge < -0.3 is 14.6 Å². The fraction of sp³-hybridized carbons (Fsp3) is 0.333. The van der Waals surface area contributed by atoms with E-state index in [1.807, 2.05) is 0 Å². The van der Waals surface area contributed by atoms with E-state index in [0.29, 0.717) is 0 Å². The molecule has 1 rings (SSSR count). The fourth-order valence-corrected chi connectivity index (χ4v) is 2.84. The van der Waals surface area contributed by atoms with E-state index in [9.17, 15) is 23.1 Å². The first-order valence-electron chi connectivity index (χ1n) is 7.15. The van der Waals surface area contributed by atoms with Gasteiger partial charge in [-0.3, -0.25) is 5.32 Å². The monoisotopic (exact) mass is 391 g/mol. The molecule has 0 saturated carbocycles. The van der Waals surface area contributed by atoms with E-state index < -0.39 is 32.6 Å². The third-order valence-corrected chi connectivity index (χ3v) is 4.13. The molecule has 0 bridgehead atoms. The highest BCUT2D eigenvalue weighted by Gasteiger charge is 2.29. The molecule has 0 aliphatic heterocycles. The summed E-state index contributed by atoms with van der Waals surface area (Å²) in [5, 5.41) is 12.9. The number of benzene rings is 1. The van der Waals surface area contributed by atoms with Crippen LogP contribution in [0.25, 0.3) is 5.76 Å². The number of halogens is 1. The highest BCUT2D eigenvalue weighted by molar-refractivity contribution is 7.95. The van der Waals surface area contributed by atoms with Crippen LogP contribution in [-0.2, 0) is 24.1 Å². The Morgan fingerprint density at radius 2 is 1.80 bits per heavy atom. The molecule has 0 spiro atoms. The van der Waals surface area contributed by atoms with Crippen LogP contribution in [0, 0.1) is 0 Å². The molecule has 0 unspecified atom stereocenters. The Hall–Kier alpha value is -2.26. The van der Waals surface area contributed by atoms with Crippen LogP contribution in [0.1, 0.15) is 19.4 Å². The lowest BCUT2D eigenvalue weighted by Crippen LogP contribution is -2.19. The molecular formula is C15H18ClNO7S. The third kappa shape index (κ3) is 5.64. The number of nitrogens with one attached hydrogen (secondary N) is 1. The summed E-state index contributed by atoms with van der Waals surface area (Å²) in [6.45, 7) is 3.10. The van der Waals surface area contributed by atoms with E-state index >= 15 is 0 Å². The van der Waals surface area contributed by atoms with E-state index in [2.05, 4.69) is 10.1 Å². The Morgan fingerprint density at radius 1 is 1.20 bits per heavy atom. The Morgan fingerprint density at radius 3 is 2.32 bits per heavy atom. The molecular weight excluding hydrogens is 374 g/mol. The molecule has 0 fully saturated rings. The van der Waals surface area contributed by atoms with Crippen molar-refractivity contribution in [3.8, 4) is 0 Å². The van der Waals surface area contributed by atoms with E-state index in [4.69, 9.17) is 16.3 Å². The van der Waals surface area contributed by atoms with Crippen LogP contribution in [0.15, 0.2) is 23.1 Å². The van der Waals surface area contributed by atoms with Gasteiger partial charge in [0, 0.05) is 16.8 Å². The molecule has 10 heteroatoms. The summed E-state index contributed by atoms with van der Waals surface area (Å²) in [5.41, 5.74) is -0.167. The summed E-state index contributed by atoms with van der Waals surface area (Å²) < 4.78 is 33.2. The van der Waals surface area contributed by atoms with Gasteiger partial charge in [-0.05, 0) is 32.0 Å². The number of anilines is 1. The van der Waals surface area contributed by atoms with Crippen molar-refractivity contribution in [3.05, 3.63) is 33.7 Å². The first-order chi connectivity index (χ1) is 11.6. The molecule has 0 heterocycles. The lowest BCUT2D eigenvalue weighted by molar-refractivity contribution is -0.137. The maximum atomic E-state index is 12.0. The Bertz CT molecular complexity index is 802. The van der Waals surface area contributed by atoms with Crippen LogP contribution in [0.5, 0.6) is 0 Å². The van der Waals surface area contributed by atoms with Crippen LogP contribution >= 0.6 is 11.6 Å². The van der Waals surface area contributed by atoms with Crippen LogP contribution in [0.2, 0.25) is 5.02 Å². The van der Waals surface area contributed by atoms with Crippen molar-refractivity contribution in [1.82, 2.24) is 0 Å². The van der Waals surface area contributed by atoms with E-state index in [1.54, 1.807) is 6.92 Å². The lowest BCUT2D eigenvalue weighted by atomic mass is 10.1. The minimum atomic E-state index is -4.12. The van der Waals surface area contributed by atoms with Gasteiger partial charge in [0.2, 0.25) is 0 Å². The maximum absolute atomic E-state index is 12.0. The Balaban J connectivity index is 3.54. The molecule has 0 saturated heterocycles. The topological polar surface area (TPSA) is 119 Å². The minimum absolute atomic E-state index is 0.0334. The van der Waals surface area contributed by atoms with Crippen LogP contribution in [0.3, 0.4) is 0 Å². The number of aliphatic hydroxyl groups is 1. The number of hydrogen-bond donors (Lipinski definition) is 2. The van der Waals surface area contributed by atoms with Gasteiger partial charge in [0.15, 0.2) is 20.5 Å². The number of amides is 1. The van der Waals surface area contributed by atoms with Gasteiger partial charge in [-0.2, -0.15) is 0 Å². The van der Waals surface area contributed by atoms with Crippen molar-refractivity contribution in [3.63, 3.8) is 0 Å². The highest BCUT2D eigenvalue weighted by atomic mass is 35.5. The van der Waals surface area contributed by atoms with E-state index in [1.165, 1.54) is 25.1 Å². The minimum Gasteiger partial charge on any atom is -0.506 e.